The molecular weight excluding hydrogens is 312 g/mol. The van der Waals surface area contributed by atoms with E-state index in [2.05, 4.69) is 32.6 Å². The highest BCUT2D eigenvalue weighted by Crippen LogP contribution is 2.35. The molecule has 2 aromatic rings. The molecule has 0 amide bonds. The third-order valence-electron chi connectivity index (χ3n) is 4.03. The van der Waals surface area contributed by atoms with E-state index in [-0.39, 0.29) is 5.78 Å². The lowest BCUT2D eigenvalue weighted by molar-refractivity contribution is 0.101. The first-order valence-electron chi connectivity index (χ1n) is 8.39. The van der Waals surface area contributed by atoms with Gasteiger partial charge in [-0.15, -0.1) is 0 Å². The molecule has 0 fully saturated rings. The van der Waals surface area contributed by atoms with Crippen molar-refractivity contribution in [3.63, 3.8) is 0 Å². The maximum Gasteiger partial charge on any atom is 0.231 e. The van der Waals surface area contributed by atoms with Gasteiger partial charge in [0.25, 0.3) is 0 Å². The summed E-state index contributed by atoms with van der Waals surface area (Å²) in [5.41, 5.74) is 3.71. The van der Waals surface area contributed by atoms with E-state index >= 15 is 0 Å². The predicted molar refractivity (Wildman–Crippen MR) is 100 cm³/mol. The first kappa shape index (κ1) is 17.0. The molecule has 0 spiro atoms. The van der Waals surface area contributed by atoms with Crippen LogP contribution in [-0.4, -0.2) is 12.4 Å². The van der Waals surface area contributed by atoms with E-state index < -0.39 is 0 Å². The van der Waals surface area contributed by atoms with Crippen molar-refractivity contribution in [1.29, 1.82) is 0 Å². The summed E-state index contributed by atoms with van der Waals surface area (Å²) < 4.78 is 11.4. The quantitative estimate of drug-likeness (QED) is 0.544. The van der Waals surface area contributed by atoms with Crippen molar-refractivity contribution in [2.45, 2.75) is 26.7 Å². The summed E-state index contributed by atoms with van der Waals surface area (Å²) in [7, 11) is 0. The largest absolute Gasteiger partial charge is 0.489 e. The maximum absolute atomic E-state index is 12.5. The second-order valence-corrected chi connectivity index (χ2v) is 6.66. The molecule has 128 valence electrons. The van der Waals surface area contributed by atoms with Crippen LogP contribution < -0.4 is 9.47 Å². The Kier molecular flexibility index (Phi) is 4.75. The van der Waals surface area contributed by atoms with Gasteiger partial charge in [0.2, 0.25) is 5.78 Å². The number of rotatable bonds is 5. The number of carbonyl (C=O) groups is 1. The van der Waals surface area contributed by atoms with Gasteiger partial charge in [0, 0.05) is 6.07 Å². The molecule has 1 aliphatic rings. The zero-order valence-corrected chi connectivity index (χ0v) is 14.8. The van der Waals surface area contributed by atoms with Crippen molar-refractivity contribution >= 4 is 11.9 Å². The Morgan fingerprint density at radius 3 is 2.56 bits per heavy atom. The second-order valence-electron chi connectivity index (χ2n) is 6.66. The Bertz CT molecular complexity index is 842. The van der Waals surface area contributed by atoms with Crippen molar-refractivity contribution in [1.82, 2.24) is 0 Å². The van der Waals surface area contributed by atoms with Crippen LogP contribution in [0.25, 0.3) is 6.08 Å². The summed E-state index contributed by atoms with van der Waals surface area (Å²) in [6.45, 7) is 10.5. The summed E-state index contributed by atoms with van der Waals surface area (Å²) >= 11 is 0. The van der Waals surface area contributed by atoms with Gasteiger partial charge >= 0.3 is 0 Å². The van der Waals surface area contributed by atoms with Gasteiger partial charge in [-0.05, 0) is 47.8 Å². The van der Waals surface area contributed by atoms with Crippen LogP contribution in [0.5, 0.6) is 11.5 Å². The van der Waals surface area contributed by atoms with Crippen LogP contribution in [0.4, 0.5) is 0 Å². The Morgan fingerprint density at radius 1 is 1.20 bits per heavy atom. The number of ketones is 1. The summed E-state index contributed by atoms with van der Waals surface area (Å²) in [6.07, 6.45) is 1.78. The molecule has 1 aliphatic heterocycles. The number of hydrogen-bond acceptors (Lipinski definition) is 3. The average molecular weight is 334 g/mol. The molecule has 0 aliphatic carbocycles. The van der Waals surface area contributed by atoms with E-state index in [1.54, 1.807) is 24.3 Å². The predicted octanol–water partition coefficient (Wildman–Crippen LogP) is 5.38. The summed E-state index contributed by atoms with van der Waals surface area (Å²) in [5, 5.41) is 0. The Morgan fingerprint density at radius 2 is 1.92 bits per heavy atom. The molecule has 0 radical (unpaired) electrons. The van der Waals surface area contributed by atoms with E-state index in [0.29, 0.717) is 35.3 Å². The van der Waals surface area contributed by atoms with E-state index in [1.807, 2.05) is 19.1 Å². The normalized spacial score (nSPS) is 14.6. The molecule has 3 heteroatoms. The van der Waals surface area contributed by atoms with Crippen LogP contribution in [0.2, 0.25) is 0 Å². The Labute approximate surface area is 148 Å². The van der Waals surface area contributed by atoms with Gasteiger partial charge in [0.05, 0.1) is 5.56 Å². The Balaban J connectivity index is 1.80. The third-order valence-corrected chi connectivity index (χ3v) is 4.03. The van der Waals surface area contributed by atoms with E-state index in [0.717, 1.165) is 11.1 Å². The summed E-state index contributed by atoms with van der Waals surface area (Å²) in [4.78, 5) is 12.5. The number of allylic oxidation sites excluding steroid dienone is 1. The number of ether oxygens (including phenoxy) is 2. The van der Waals surface area contributed by atoms with Crippen molar-refractivity contribution in [3.8, 4) is 11.5 Å². The molecule has 0 unspecified atom stereocenters. The van der Waals surface area contributed by atoms with Crippen LogP contribution in [0.15, 0.2) is 60.4 Å². The fraction of sp³-hybridized carbons (Fsp3) is 0.227. The first-order chi connectivity index (χ1) is 11.9. The molecule has 2 aromatic carbocycles. The fourth-order valence-corrected chi connectivity index (χ4v) is 2.59. The van der Waals surface area contributed by atoms with Crippen molar-refractivity contribution in [3.05, 3.63) is 77.1 Å². The SMILES string of the molecule is C=C(C)COc1ccc2c(c1)O/C(=C/c1ccc(C(C)C)cc1)C2=O. The molecule has 0 N–H and O–H groups in total. The molecular formula is C22H22O3. The van der Waals surface area contributed by atoms with E-state index in [4.69, 9.17) is 9.47 Å². The highest BCUT2D eigenvalue weighted by molar-refractivity contribution is 6.14. The number of benzene rings is 2. The van der Waals surface area contributed by atoms with Gasteiger partial charge in [-0.1, -0.05) is 44.7 Å². The molecule has 3 nitrogen and oxygen atoms in total. The first-order valence-corrected chi connectivity index (χ1v) is 8.39. The van der Waals surface area contributed by atoms with Gasteiger partial charge in [-0.2, -0.15) is 0 Å². The monoisotopic (exact) mass is 334 g/mol. The molecule has 3 rings (SSSR count). The molecule has 0 saturated carbocycles. The van der Waals surface area contributed by atoms with Crippen LogP contribution in [0, 0.1) is 0 Å². The summed E-state index contributed by atoms with van der Waals surface area (Å²) in [6, 6.07) is 13.4. The van der Waals surface area contributed by atoms with Crippen LogP contribution >= 0.6 is 0 Å². The number of fused-ring (bicyclic) bond motifs is 1. The van der Waals surface area contributed by atoms with Crippen molar-refractivity contribution in [2.24, 2.45) is 0 Å². The lowest BCUT2D eigenvalue weighted by Gasteiger charge is -2.06. The summed E-state index contributed by atoms with van der Waals surface area (Å²) in [5.74, 6) is 1.91. The minimum absolute atomic E-state index is 0.102. The minimum Gasteiger partial charge on any atom is -0.489 e. The number of hydrogen-bond donors (Lipinski definition) is 0. The van der Waals surface area contributed by atoms with Gasteiger partial charge < -0.3 is 9.47 Å². The fourth-order valence-electron chi connectivity index (χ4n) is 2.59. The zero-order chi connectivity index (χ0) is 18.0. The maximum atomic E-state index is 12.5. The molecule has 0 saturated heterocycles. The van der Waals surface area contributed by atoms with Gasteiger partial charge in [0.1, 0.15) is 18.1 Å². The highest BCUT2D eigenvalue weighted by atomic mass is 16.5. The zero-order valence-electron chi connectivity index (χ0n) is 14.8. The number of Topliss-reactive ketones (excluding diaryl/α,β-unsaturated/α-hetero) is 1. The lowest BCUT2D eigenvalue weighted by Crippen LogP contribution is -1.98. The van der Waals surface area contributed by atoms with Crippen molar-refractivity contribution in [2.75, 3.05) is 6.61 Å². The Hall–Kier alpha value is -2.81. The van der Waals surface area contributed by atoms with Gasteiger partial charge in [0.15, 0.2) is 5.76 Å². The lowest BCUT2D eigenvalue weighted by atomic mass is 10.0. The van der Waals surface area contributed by atoms with Crippen LogP contribution in [-0.2, 0) is 0 Å². The highest BCUT2D eigenvalue weighted by Gasteiger charge is 2.27. The van der Waals surface area contributed by atoms with Crippen molar-refractivity contribution < 1.29 is 14.3 Å². The topological polar surface area (TPSA) is 35.5 Å². The van der Waals surface area contributed by atoms with Crippen LogP contribution in [0.3, 0.4) is 0 Å². The molecule has 1 heterocycles. The third kappa shape index (κ3) is 3.82. The van der Waals surface area contributed by atoms with Crippen LogP contribution in [0.1, 0.15) is 48.2 Å². The molecule has 0 aromatic heterocycles. The average Bonchev–Trinajstić information content (AvgIpc) is 2.89. The standard InChI is InChI=1S/C22H22O3/c1-14(2)13-24-18-9-10-19-20(12-18)25-21(22(19)23)11-16-5-7-17(8-6-16)15(3)4/h5-12,15H,1,13H2,2-4H3/b21-11+. The number of carbonyl (C=O) groups excluding carboxylic acids is 1. The minimum atomic E-state index is -0.102. The molecule has 0 atom stereocenters. The molecule has 0 bridgehead atoms. The van der Waals surface area contributed by atoms with Gasteiger partial charge in [-0.3, -0.25) is 4.79 Å². The van der Waals surface area contributed by atoms with E-state index in [9.17, 15) is 4.79 Å². The molecule has 25 heavy (non-hydrogen) atoms. The van der Waals surface area contributed by atoms with E-state index in [1.165, 1.54) is 5.56 Å². The van der Waals surface area contributed by atoms with Gasteiger partial charge in [-0.25, -0.2) is 0 Å². The smallest absolute Gasteiger partial charge is 0.231 e. The second kappa shape index (κ2) is 6.98.